The van der Waals surface area contributed by atoms with Crippen molar-refractivity contribution in [3.8, 4) is 0 Å². The summed E-state index contributed by atoms with van der Waals surface area (Å²) in [5.41, 5.74) is 1.30. The number of rotatable bonds is 5. The van der Waals surface area contributed by atoms with E-state index in [0.717, 1.165) is 11.6 Å². The lowest BCUT2D eigenvalue weighted by Gasteiger charge is -2.25. The Hall–Kier alpha value is -0.570. The highest BCUT2D eigenvalue weighted by molar-refractivity contribution is 6.30. The number of ether oxygens (including phenoxy) is 1. The van der Waals surface area contributed by atoms with Gasteiger partial charge in [-0.3, -0.25) is 0 Å². The summed E-state index contributed by atoms with van der Waals surface area (Å²) in [6.07, 6.45) is 3.13. The number of hydrogen-bond acceptors (Lipinski definition) is 2. The van der Waals surface area contributed by atoms with Crippen molar-refractivity contribution < 1.29 is 4.74 Å². The Labute approximate surface area is 121 Å². The predicted molar refractivity (Wildman–Crippen MR) is 80.6 cm³/mol. The van der Waals surface area contributed by atoms with Crippen molar-refractivity contribution in [2.24, 2.45) is 5.92 Å². The Balaban J connectivity index is 1.94. The fraction of sp³-hybridized carbons (Fsp3) is 0.625. The van der Waals surface area contributed by atoms with E-state index in [-0.39, 0.29) is 0 Å². The first-order valence-corrected chi connectivity index (χ1v) is 7.58. The SMILES string of the molecule is CC1CCC(CNC(c2ccc(Cl)cc2)C(C)C)O1. The molecule has 1 aliphatic heterocycles. The molecule has 0 spiro atoms. The molecule has 1 aromatic rings. The maximum absolute atomic E-state index is 5.95. The number of halogens is 1. The van der Waals surface area contributed by atoms with E-state index in [9.17, 15) is 0 Å². The Kier molecular flexibility index (Phi) is 5.26. The summed E-state index contributed by atoms with van der Waals surface area (Å²) in [5, 5.41) is 4.44. The van der Waals surface area contributed by atoms with E-state index in [1.165, 1.54) is 18.4 Å². The second-order valence-corrected chi connectivity index (χ2v) is 6.26. The molecule has 1 aromatic carbocycles. The van der Waals surface area contributed by atoms with Gasteiger partial charge in [0.15, 0.2) is 0 Å². The first-order chi connectivity index (χ1) is 9.06. The third-order valence-electron chi connectivity index (χ3n) is 3.78. The molecule has 0 amide bonds. The maximum atomic E-state index is 5.95. The van der Waals surface area contributed by atoms with Gasteiger partial charge in [0.05, 0.1) is 12.2 Å². The standard InChI is InChI=1S/C16H24ClNO/c1-11(2)16(13-5-7-14(17)8-6-13)18-10-15-9-4-12(3)19-15/h5-8,11-12,15-16,18H,4,9-10H2,1-3H3. The summed E-state index contributed by atoms with van der Waals surface area (Å²) in [7, 11) is 0. The number of nitrogens with one attached hydrogen (secondary N) is 1. The lowest BCUT2D eigenvalue weighted by atomic mass is 9.96. The third-order valence-corrected chi connectivity index (χ3v) is 4.03. The van der Waals surface area contributed by atoms with E-state index in [1.54, 1.807) is 0 Å². The van der Waals surface area contributed by atoms with Gasteiger partial charge in [0.2, 0.25) is 0 Å². The van der Waals surface area contributed by atoms with Crippen molar-refractivity contribution in [1.82, 2.24) is 5.32 Å². The molecule has 0 aromatic heterocycles. The van der Waals surface area contributed by atoms with Gasteiger partial charge >= 0.3 is 0 Å². The van der Waals surface area contributed by atoms with Crippen molar-refractivity contribution >= 4 is 11.6 Å². The Morgan fingerprint density at radius 2 is 1.95 bits per heavy atom. The van der Waals surface area contributed by atoms with E-state index >= 15 is 0 Å². The van der Waals surface area contributed by atoms with Crippen LogP contribution in [-0.2, 0) is 4.74 Å². The van der Waals surface area contributed by atoms with Crippen LogP contribution in [0.1, 0.15) is 45.2 Å². The molecule has 19 heavy (non-hydrogen) atoms. The van der Waals surface area contributed by atoms with Crippen LogP contribution >= 0.6 is 11.6 Å². The van der Waals surface area contributed by atoms with Gasteiger partial charge in [0, 0.05) is 17.6 Å². The monoisotopic (exact) mass is 281 g/mol. The fourth-order valence-corrected chi connectivity index (χ4v) is 2.83. The Bertz CT molecular complexity index is 390. The lowest BCUT2D eigenvalue weighted by Crippen LogP contribution is -2.33. The van der Waals surface area contributed by atoms with Crippen LogP contribution in [0.25, 0.3) is 0 Å². The van der Waals surface area contributed by atoms with Crippen molar-refractivity contribution in [1.29, 1.82) is 0 Å². The summed E-state index contributed by atoms with van der Waals surface area (Å²) in [5.74, 6) is 0.542. The molecule has 1 aliphatic rings. The van der Waals surface area contributed by atoms with E-state index in [0.29, 0.717) is 24.2 Å². The molecule has 0 saturated carbocycles. The highest BCUT2D eigenvalue weighted by Gasteiger charge is 2.23. The normalized spacial score (nSPS) is 24.9. The van der Waals surface area contributed by atoms with E-state index in [2.05, 4.69) is 38.2 Å². The zero-order valence-electron chi connectivity index (χ0n) is 12.0. The molecule has 1 heterocycles. The second-order valence-electron chi connectivity index (χ2n) is 5.83. The first kappa shape index (κ1) is 14.8. The highest BCUT2D eigenvalue weighted by Crippen LogP contribution is 2.25. The van der Waals surface area contributed by atoms with Crippen LogP contribution in [-0.4, -0.2) is 18.8 Å². The van der Waals surface area contributed by atoms with Crippen LogP contribution in [0.15, 0.2) is 24.3 Å². The van der Waals surface area contributed by atoms with E-state index in [4.69, 9.17) is 16.3 Å². The molecule has 1 fully saturated rings. The van der Waals surface area contributed by atoms with Gasteiger partial charge in [-0.15, -0.1) is 0 Å². The Morgan fingerprint density at radius 3 is 2.47 bits per heavy atom. The van der Waals surface area contributed by atoms with Gasteiger partial charge in [-0.05, 0) is 43.4 Å². The molecular weight excluding hydrogens is 258 g/mol. The average molecular weight is 282 g/mol. The van der Waals surface area contributed by atoms with E-state index in [1.807, 2.05) is 12.1 Å². The van der Waals surface area contributed by atoms with Crippen LogP contribution in [0.3, 0.4) is 0 Å². The fourth-order valence-electron chi connectivity index (χ4n) is 2.70. The first-order valence-electron chi connectivity index (χ1n) is 7.20. The minimum Gasteiger partial charge on any atom is -0.374 e. The van der Waals surface area contributed by atoms with Gasteiger partial charge in [0.25, 0.3) is 0 Å². The van der Waals surface area contributed by atoms with Gasteiger partial charge in [-0.1, -0.05) is 37.6 Å². The number of hydrogen-bond donors (Lipinski definition) is 1. The molecule has 0 bridgehead atoms. The molecule has 3 unspecified atom stereocenters. The molecule has 0 aliphatic carbocycles. The largest absolute Gasteiger partial charge is 0.374 e. The summed E-state index contributed by atoms with van der Waals surface area (Å²) >= 11 is 5.95. The van der Waals surface area contributed by atoms with E-state index < -0.39 is 0 Å². The molecule has 3 heteroatoms. The van der Waals surface area contributed by atoms with Crippen molar-refractivity contribution in [2.45, 2.75) is 51.9 Å². The second kappa shape index (κ2) is 6.74. The van der Waals surface area contributed by atoms with Crippen LogP contribution in [0.5, 0.6) is 0 Å². The average Bonchev–Trinajstić information content (AvgIpc) is 2.77. The van der Waals surface area contributed by atoms with Crippen molar-refractivity contribution in [3.63, 3.8) is 0 Å². The summed E-state index contributed by atoms with van der Waals surface area (Å²) in [6, 6.07) is 8.50. The van der Waals surface area contributed by atoms with Crippen LogP contribution in [0.2, 0.25) is 5.02 Å². The van der Waals surface area contributed by atoms with Gasteiger partial charge in [-0.2, -0.15) is 0 Å². The molecule has 2 nitrogen and oxygen atoms in total. The zero-order chi connectivity index (χ0) is 13.8. The molecule has 106 valence electrons. The zero-order valence-corrected chi connectivity index (χ0v) is 12.8. The summed E-state index contributed by atoms with van der Waals surface area (Å²) < 4.78 is 5.86. The minimum atomic E-state index is 0.358. The molecule has 0 radical (unpaired) electrons. The molecular formula is C16H24ClNO. The molecule has 3 atom stereocenters. The van der Waals surface area contributed by atoms with Crippen LogP contribution in [0, 0.1) is 5.92 Å². The van der Waals surface area contributed by atoms with Crippen molar-refractivity contribution in [3.05, 3.63) is 34.9 Å². The summed E-state index contributed by atoms with van der Waals surface area (Å²) in [6.45, 7) is 7.56. The van der Waals surface area contributed by atoms with Gasteiger partial charge < -0.3 is 10.1 Å². The van der Waals surface area contributed by atoms with Gasteiger partial charge in [-0.25, -0.2) is 0 Å². The summed E-state index contributed by atoms with van der Waals surface area (Å²) in [4.78, 5) is 0. The van der Waals surface area contributed by atoms with Gasteiger partial charge in [0.1, 0.15) is 0 Å². The van der Waals surface area contributed by atoms with Crippen molar-refractivity contribution in [2.75, 3.05) is 6.54 Å². The topological polar surface area (TPSA) is 21.3 Å². The van der Waals surface area contributed by atoms with Crippen LogP contribution < -0.4 is 5.32 Å². The third kappa shape index (κ3) is 4.20. The predicted octanol–water partition coefficient (Wildman–Crippen LogP) is 4.19. The quantitative estimate of drug-likeness (QED) is 0.874. The Morgan fingerprint density at radius 1 is 1.26 bits per heavy atom. The highest BCUT2D eigenvalue weighted by atomic mass is 35.5. The molecule has 1 N–H and O–H groups in total. The smallest absolute Gasteiger partial charge is 0.0704 e. The molecule has 1 saturated heterocycles. The number of benzene rings is 1. The van der Waals surface area contributed by atoms with Crippen LogP contribution in [0.4, 0.5) is 0 Å². The maximum Gasteiger partial charge on any atom is 0.0704 e. The molecule has 2 rings (SSSR count). The lowest BCUT2D eigenvalue weighted by molar-refractivity contribution is 0.0533. The minimum absolute atomic E-state index is 0.358.